The lowest BCUT2D eigenvalue weighted by Crippen LogP contribution is -2.44. The molecular formula is C27H28N8O. The first-order valence-electron chi connectivity index (χ1n) is 12.6. The van der Waals surface area contributed by atoms with Crippen LogP contribution in [0.4, 0.5) is 17.3 Å². The van der Waals surface area contributed by atoms with Gasteiger partial charge in [-0.05, 0) is 62.7 Å². The summed E-state index contributed by atoms with van der Waals surface area (Å²) < 4.78 is 3.80. The van der Waals surface area contributed by atoms with Crippen molar-refractivity contribution in [1.29, 1.82) is 0 Å². The summed E-state index contributed by atoms with van der Waals surface area (Å²) in [5, 5.41) is 4.69. The highest BCUT2D eigenvalue weighted by molar-refractivity contribution is 5.94. The second-order valence-electron chi connectivity index (χ2n) is 9.99. The zero-order valence-electron chi connectivity index (χ0n) is 20.5. The smallest absolute Gasteiger partial charge is 0.284 e. The molecule has 0 radical (unpaired) electrons. The number of likely N-dealkylation sites (N-methyl/N-ethyl adjacent to an activating group) is 1. The molecule has 5 aromatic rings. The first-order valence-corrected chi connectivity index (χ1v) is 12.6. The van der Waals surface area contributed by atoms with Gasteiger partial charge in [-0.25, -0.2) is 9.97 Å². The number of para-hydroxylation sites is 1. The predicted octanol–water partition coefficient (Wildman–Crippen LogP) is 3.73. The van der Waals surface area contributed by atoms with Crippen LogP contribution in [0.1, 0.15) is 24.4 Å². The Morgan fingerprint density at radius 1 is 0.972 bits per heavy atom. The highest BCUT2D eigenvalue weighted by atomic mass is 16.1. The summed E-state index contributed by atoms with van der Waals surface area (Å²) in [5.41, 5.74) is 5.33. The highest BCUT2D eigenvalue weighted by Gasteiger charge is 2.29. The largest absolute Gasteiger partial charge is 0.369 e. The zero-order valence-corrected chi connectivity index (χ0v) is 20.5. The van der Waals surface area contributed by atoms with Gasteiger partial charge in [-0.2, -0.15) is 9.50 Å². The van der Waals surface area contributed by atoms with Gasteiger partial charge < -0.3 is 15.1 Å². The molecule has 0 amide bonds. The molecule has 1 saturated carbocycles. The molecule has 2 aliphatic rings. The maximum atomic E-state index is 13.5. The number of hydrogen-bond acceptors (Lipinski definition) is 7. The SMILES string of the molecule is Cc1cc(Nc2ncc3c(=O)n4c(nc3n2)c2ccccc2n4C2CC2)ccc1N1CCN(C)CC1. The number of nitrogens with one attached hydrogen (secondary N) is 1. The predicted molar refractivity (Wildman–Crippen MR) is 142 cm³/mol. The molecule has 1 N–H and O–H groups in total. The number of nitrogens with zero attached hydrogens (tertiary/aromatic N) is 7. The number of benzene rings is 2. The lowest BCUT2D eigenvalue weighted by molar-refractivity contribution is 0.312. The molecule has 36 heavy (non-hydrogen) atoms. The van der Waals surface area contributed by atoms with Crippen molar-refractivity contribution in [3.63, 3.8) is 0 Å². The first-order chi connectivity index (χ1) is 17.6. The fourth-order valence-corrected chi connectivity index (χ4v) is 5.32. The number of rotatable bonds is 4. The Kier molecular flexibility index (Phi) is 4.75. The maximum absolute atomic E-state index is 13.5. The normalized spacial score (nSPS) is 16.9. The quantitative estimate of drug-likeness (QED) is 0.420. The number of aryl methyl sites for hydroxylation is 1. The van der Waals surface area contributed by atoms with Crippen LogP contribution in [-0.4, -0.2) is 62.3 Å². The van der Waals surface area contributed by atoms with E-state index in [2.05, 4.69) is 68.0 Å². The summed E-state index contributed by atoms with van der Waals surface area (Å²) in [6.07, 6.45) is 3.74. The van der Waals surface area contributed by atoms with Crippen molar-refractivity contribution < 1.29 is 0 Å². The van der Waals surface area contributed by atoms with Gasteiger partial charge in [-0.1, -0.05) is 12.1 Å². The van der Waals surface area contributed by atoms with Gasteiger partial charge in [0.2, 0.25) is 5.95 Å². The summed E-state index contributed by atoms with van der Waals surface area (Å²) in [7, 11) is 2.17. The number of aromatic nitrogens is 5. The van der Waals surface area contributed by atoms with Gasteiger partial charge in [-0.3, -0.25) is 9.48 Å². The average molecular weight is 481 g/mol. The minimum atomic E-state index is -0.128. The maximum Gasteiger partial charge on any atom is 0.284 e. The molecule has 0 bridgehead atoms. The molecule has 2 aromatic carbocycles. The molecule has 3 aromatic heterocycles. The van der Waals surface area contributed by atoms with E-state index in [0.29, 0.717) is 28.7 Å². The van der Waals surface area contributed by atoms with Crippen LogP contribution in [0, 0.1) is 6.92 Å². The van der Waals surface area contributed by atoms with E-state index >= 15 is 0 Å². The summed E-state index contributed by atoms with van der Waals surface area (Å²) in [6, 6.07) is 14.7. The van der Waals surface area contributed by atoms with Crippen molar-refractivity contribution in [1.82, 2.24) is 29.0 Å². The zero-order chi connectivity index (χ0) is 24.4. The van der Waals surface area contributed by atoms with E-state index in [1.165, 1.54) is 11.3 Å². The minimum Gasteiger partial charge on any atom is -0.369 e. The Balaban J connectivity index is 1.26. The molecule has 7 rings (SSSR count). The number of hydrogen-bond donors (Lipinski definition) is 1. The van der Waals surface area contributed by atoms with Crippen LogP contribution >= 0.6 is 0 Å². The van der Waals surface area contributed by atoms with Gasteiger partial charge in [0, 0.05) is 49.1 Å². The van der Waals surface area contributed by atoms with Gasteiger partial charge in [0.15, 0.2) is 11.3 Å². The van der Waals surface area contributed by atoms with Gasteiger partial charge >= 0.3 is 0 Å². The van der Waals surface area contributed by atoms with E-state index in [-0.39, 0.29) is 5.56 Å². The monoisotopic (exact) mass is 480 g/mol. The molecule has 2 fully saturated rings. The average Bonchev–Trinajstić information content (AvgIpc) is 3.67. The topological polar surface area (TPSA) is 83.6 Å². The van der Waals surface area contributed by atoms with E-state index in [1.807, 2.05) is 18.2 Å². The summed E-state index contributed by atoms with van der Waals surface area (Å²) in [5.74, 6) is 0.427. The van der Waals surface area contributed by atoms with Gasteiger partial charge in [0.05, 0.1) is 11.6 Å². The van der Waals surface area contributed by atoms with Gasteiger partial charge in [0.1, 0.15) is 5.39 Å². The Morgan fingerprint density at radius 2 is 1.78 bits per heavy atom. The molecule has 4 heterocycles. The van der Waals surface area contributed by atoms with Crippen molar-refractivity contribution in [2.45, 2.75) is 25.8 Å². The molecule has 1 aliphatic heterocycles. The fraction of sp³-hybridized carbons (Fsp3) is 0.333. The van der Waals surface area contributed by atoms with Crippen molar-refractivity contribution in [2.75, 3.05) is 43.4 Å². The lowest BCUT2D eigenvalue weighted by atomic mass is 10.1. The van der Waals surface area contributed by atoms with Crippen molar-refractivity contribution in [3.8, 4) is 0 Å². The third kappa shape index (κ3) is 3.42. The van der Waals surface area contributed by atoms with E-state index in [9.17, 15) is 4.79 Å². The Bertz CT molecular complexity index is 1690. The Hall–Kier alpha value is -3.98. The number of fused-ring (bicyclic) bond motifs is 4. The summed E-state index contributed by atoms with van der Waals surface area (Å²) in [6.45, 7) is 6.35. The number of anilines is 3. The Morgan fingerprint density at radius 3 is 2.56 bits per heavy atom. The molecule has 182 valence electrons. The molecule has 0 atom stereocenters. The van der Waals surface area contributed by atoms with Crippen LogP contribution in [-0.2, 0) is 0 Å². The second kappa shape index (κ2) is 8.03. The van der Waals surface area contributed by atoms with Crippen LogP contribution in [0.5, 0.6) is 0 Å². The lowest BCUT2D eigenvalue weighted by Gasteiger charge is -2.35. The highest BCUT2D eigenvalue weighted by Crippen LogP contribution is 2.38. The Labute approximate surface area is 208 Å². The standard InChI is InChI=1S/C27H28N8O/c1-17-15-18(7-10-22(17)33-13-11-32(2)12-14-33)29-27-28-16-21-24(31-27)30-25-20-5-3-4-6-23(20)34(19-8-9-19)35(25)26(21)36/h3-7,10,15-16,19H,8-9,11-14H2,1-2H3,(H,28,29,31). The molecule has 0 unspecified atom stereocenters. The van der Waals surface area contributed by atoms with Crippen molar-refractivity contribution in [3.05, 3.63) is 64.6 Å². The second-order valence-corrected chi connectivity index (χ2v) is 9.99. The van der Waals surface area contributed by atoms with Crippen LogP contribution in [0.2, 0.25) is 0 Å². The van der Waals surface area contributed by atoms with E-state index in [4.69, 9.17) is 4.98 Å². The summed E-state index contributed by atoms with van der Waals surface area (Å²) in [4.78, 5) is 32.3. The first kappa shape index (κ1) is 21.3. The molecule has 9 nitrogen and oxygen atoms in total. The van der Waals surface area contributed by atoms with E-state index < -0.39 is 0 Å². The van der Waals surface area contributed by atoms with E-state index in [1.54, 1.807) is 10.7 Å². The van der Waals surface area contributed by atoms with Gasteiger partial charge in [0.25, 0.3) is 5.56 Å². The number of piperazine rings is 1. The van der Waals surface area contributed by atoms with Crippen molar-refractivity contribution >= 4 is 44.9 Å². The van der Waals surface area contributed by atoms with E-state index in [0.717, 1.165) is 55.6 Å². The van der Waals surface area contributed by atoms with Crippen LogP contribution in [0.25, 0.3) is 27.6 Å². The third-order valence-electron chi connectivity index (χ3n) is 7.40. The molecule has 1 saturated heterocycles. The van der Waals surface area contributed by atoms with Gasteiger partial charge in [-0.15, -0.1) is 0 Å². The molecular weight excluding hydrogens is 452 g/mol. The minimum absolute atomic E-state index is 0.128. The fourth-order valence-electron chi connectivity index (χ4n) is 5.32. The summed E-state index contributed by atoms with van der Waals surface area (Å²) >= 11 is 0. The van der Waals surface area contributed by atoms with Crippen molar-refractivity contribution in [2.24, 2.45) is 0 Å². The van der Waals surface area contributed by atoms with Crippen LogP contribution < -0.4 is 15.8 Å². The third-order valence-corrected chi connectivity index (χ3v) is 7.40. The van der Waals surface area contributed by atoms with Crippen LogP contribution in [0.3, 0.4) is 0 Å². The molecule has 9 heteroatoms. The molecule has 0 spiro atoms. The van der Waals surface area contributed by atoms with Crippen LogP contribution in [0.15, 0.2) is 53.5 Å². The molecule has 1 aliphatic carbocycles.